The van der Waals surface area contributed by atoms with Gasteiger partial charge >= 0.3 is 59.5 Å². The van der Waals surface area contributed by atoms with E-state index in [9.17, 15) is 0 Å². The number of nitrogens with zero attached hydrogens (tertiary/aromatic N) is 1. The fraction of sp³-hybridized carbons (Fsp3) is 0. The Morgan fingerprint density at radius 1 is 1.00 bits per heavy atom. The molecule has 2 heteroatoms. The SMILES string of the molecule is b1ccc2cncc-2cc1. The van der Waals surface area contributed by atoms with Crippen molar-refractivity contribution in [3.8, 4) is 11.1 Å². The second-order valence-corrected chi connectivity index (χ2v) is 2.23. The van der Waals surface area contributed by atoms with E-state index in [0.717, 1.165) is 0 Å². The van der Waals surface area contributed by atoms with Gasteiger partial charge in [-0.2, -0.15) is 0 Å². The monoisotopic (exact) mass is 127 g/mol. The summed E-state index contributed by atoms with van der Waals surface area (Å²) in [5.41, 5.74) is 2.40. The molecule has 2 heterocycles. The molecule has 46 valence electrons. The van der Waals surface area contributed by atoms with Crippen molar-refractivity contribution in [3.05, 3.63) is 36.4 Å². The fourth-order valence-corrected chi connectivity index (χ4v) is 1.01. The molecule has 1 nitrogen and oxygen atoms in total. The number of rotatable bonds is 0. The van der Waals surface area contributed by atoms with Crippen molar-refractivity contribution in [3.63, 3.8) is 0 Å². The summed E-state index contributed by atoms with van der Waals surface area (Å²) >= 11 is 0. The molecule has 0 spiro atoms. The molecule has 0 aromatic rings. The Kier molecular flexibility index (Phi) is 1.24. The van der Waals surface area contributed by atoms with Crippen LogP contribution >= 0.6 is 0 Å². The van der Waals surface area contributed by atoms with Gasteiger partial charge in [-0.1, -0.05) is 0 Å². The molecular weight excluding hydrogens is 121 g/mol. The Bertz CT molecular complexity index is 280. The van der Waals surface area contributed by atoms with Crippen LogP contribution in [0.3, 0.4) is 0 Å². The molecule has 0 saturated carbocycles. The van der Waals surface area contributed by atoms with E-state index in [-0.39, 0.29) is 0 Å². The summed E-state index contributed by atoms with van der Waals surface area (Å²) in [5.74, 6) is 4.04. The third-order valence-electron chi connectivity index (χ3n) is 1.53. The van der Waals surface area contributed by atoms with E-state index in [4.69, 9.17) is 0 Å². The van der Waals surface area contributed by atoms with Gasteiger partial charge in [0.05, 0.1) is 0 Å². The van der Waals surface area contributed by atoms with Gasteiger partial charge in [0, 0.05) is 0 Å². The van der Waals surface area contributed by atoms with Gasteiger partial charge in [-0.3, -0.25) is 0 Å². The van der Waals surface area contributed by atoms with Crippen molar-refractivity contribution in [1.82, 2.24) is 4.98 Å². The Balaban J connectivity index is 2.74. The fourth-order valence-electron chi connectivity index (χ4n) is 1.01. The summed E-state index contributed by atoms with van der Waals surface area (Å²) in [6.45, 7) is 2.01. The summed E-state index contributed by atoms with van der Waals surface area (Å²) in [5, 5.41) is 0. The maximum atomic E-state index is 4.03. The zero-order chi connectivity index (χ0) is 6.81. The maximum absolute atomic E-state index is 4.03. The van der Waals surface area contributed by atoms with Crippen LogP contribution in [-0.2, 0) is 0 Å². The topological polar surface area (TPSA) is 12.9 Å². The van der Waals surface area contributed by atoms with Gasteiger partial charge in [0.25, 0.3) is 0 Å². The van der Waals surface area contributed by atoms with Crippen molar-refractivity contribution in [2.75, 3.05) is 0 Å². The first-order valence-electron chi connectivity index (χ1n) is 3.25. The molecule has 0 aromatic carbocycles. The van der Waals surface area contributed by atoms with Crippen LogP contribution in [0.2, 0.25) is 0 Å². The molecule has 10 heavy (non-hydrogen) atoms. The first-order valence-corrected chi connectivity index (χ1v) is 3.25. The molecule has 0 atom stereocenters. The van der Waals surface area contributed by atoms with E-state index in [2.05, 4.69) is 17.1 Å². The molecule has 0 radical (unpaired) electrons. The average Bonchev–Trinajstić information content (AvgIpc) is 2.28. The van der Waals surface area contributed by atoms with E-state index in [1.54, 1.807) is 0 Å². The molecule has 0 bridgehead atoms. The van der Waals surface area contributed by atoms with Crippen molar-refractivity contribution in [2.24, 2.45) is 0 Å². The molecule has 0 amide bonds. The molecule has 2 aliphatic heterocycles. The average molecular weight is 127 g/mol. The quantitative estimate of drug-likeness (QED) is 0.522. The molecule has 0 saturated heterocycles. The summed E-state index contributed by atoms with van der Waals surface area (Å²) in [4.78, 5) is 4.03. The second-order valence-electron chi connectivity index (χ2n) is 2.23. The van der Waals surface area contributed by atoms with Crippen molar-refractivity contribution in [2.45, 2.75) is 0 Å². The zero-order valence-corrected chi connectivity index (χ0v) is 5.49. The van der Waals surface area contributed by atoms with Gasteiger partial charge in [-0.15, -0.1) is 0 Å². The first kappa shape index (κ1) is 5.60. The summed E-state index contributed by atoms with van der Waals surface area (Å²) in [7, 11) is 0. The number of hydrogen-bond acceptors (Lipinski definition) is 1. The molecule has 0 unspecified atom stereocenters. The second kappa shape index (κ2) is 2.22. The van der Waals surface area contributed by atoms with Gasteiger partial charge in [0.2, 0.25) is 0 Å². The number of aromatic nitrogens is 1. The normalized spacial score (nSPS) is 9.60. The number of hydrogen-bond donors (Lipinski definition) is 0. The van der Waals surface area contributed by atoms with Crippen molar-refractivity contribution >= 4 is 6.91 Å². The Morgan fingerprint density at radius 3 is 2.20 bits per heavy atom. The van der Waals surface area contributed by atoms with E-state index in [0.29, 0.717) is 0 Å². The Hall–Kier alpha value is -1.18. The van der Waals surface area contributed by atoms with Crippen LogP contribution in [0, 0.1) is 0 Å². The predicted octanol–water partition coefficient (Wildman–Crippen LogP) is 1.52. The van der Waals surface area contributed by atoms with Crippen LogP contribution in [-0.4, -0.2) is 11.9 Å². The van der Waals surface area contributed by atoms with E-state index >= 15 is 0 Å². The molecule has 0 aromatic heterocycles. The Morgan fingerprint density at radius 2 is 1.60 bits per heavy atom. The van der Waals surface area contributed by atoms with Gasteiger partial charge < -0.3 is 0 Å². The van der Waals surface area contributed by atoms with Crippen molar-refractivity contribution < 1.29 is 0 Å². The van der Waals surface area contributed by atoms with E-state index in [1.807, 2.05) is 31.2 Å². The summed E-state index contributed by atoms with van der Waals surface area (Å²) in [6.07, 6.45) is 3.74. The third kappa shape index (κ3) is 0.818. The van der Waals surface area contributed by atoms with Crippen LogP contribution in [0.4, 0.5) is 0 Å². The number of fused-ring (bicyclic) bond motifs is 1. The molecule has 0 N–H and O–H groups in total. The van der Waals surface area contributed by atoms with Crippen LogP contribution in [0.5, 0.6) is 0 Å². The van der Waals surface area contributed by atoms with Gasteiger partial charge in [0.1, 0.15) is 0 Å². The standard InChI is InChI=1S/C8H6BN/c1-3-9-4-2-8-6-10-5-7(1)8/h1-6H. The third-order valence-corrected chi connectivity index (χ3v) is 1.53. The van der Waals surface area contributed by atoms with Gasteiger partial charge in [0.15, 0.2) is 0 Å². The zero-order valence-electron chi connectivity index (χ0n) is 5.49. The molecular formula is C8H6BN. The van der Waals surface area contributed by atoms with Crippen molar-refractivity contribution in [1.29, 1.82) is 0 Å². The van der Waals surface area contributed by atoms with E-state index in [1.165, 1.54) is 11.1 Å². The predicted molar refractivity (Wildman–Crippen MR) is 42.2 cm³/mol. The minimum atomic E-state index is 1.20. The molecule has 0 fully saturated rings. The molecule has 0 aliphatic carbocycles. The summed E-state index contributed by atoms with van der Waals surface area (Å²) < 4.78 is 0. The van der Waals surface area contributed by atoms with Crippen LogP contribution < -0.4 is 0 Å². The van der Waals surface area contributed by atoms with Crippen LogP contribution in [0.15, 0.2) is 36.4 Å². The minimum absolute atomic E-state index is 1.20. The van der Waals surface area contributed by atoms with Gasteiger partial charge in [-0.25, -0.2) is 0 Å². The summed E-state index contributed by atoms with van der Waals surface area (Å²) in [6, 6.07) is 4.12. The van der Waals surface area contributed by atoms with E-state index < -0.39 is 0 Å². The van der Waals surface area contributed by atoms with Crippen LogP contribution in [0.25, 0.3) is 11.1 Å². The Labute approximate surface area is 60.3 Å². The van der Waals surface area contributed by atoms with Gasteiger partial charge in [-0.05, 0) is 0 Å². The molecule has 2 rings (SSSR count). The van der Waals surface area contributed by atoms with Crippen LogP contribution in [0.1, 0.15) is 0 Å². The molecule has 2 aliphatic rings. The first-order chi connectivity index (χ1) is 4.97.